The molecule has 11 rings (SSSR count). The zero-order chi connectivity index (χ0) is 42.5. The van der Waals surface area contributed by atoms with Crippen LogP contribution in [0.25, 0.3) is 22.3 Å². The van der Waals surface area contributed by atoms with Crippen molar-refractivity contribution < 1.29 is 18.9 Å². The molecule has 7 aromatic rings. The average molecular weight is 815 g/mol. The number of anilines is 6. The van der Waals surface area contributed by atoms with Gasteiger partial charge >= 0.3 is 0 Å². The maximum Gasteiger partial charge on any atom is 0.252 e. The summed E-state index contributed by atoms with van der Waals surface area (Å²) in [6, 6.07) is 49.5. The third-order valence-corrected chi connectivity index (χ3v) is 12.9. The molecule has 0 unspecified atom stereocenters. The Morgan fingerprint density at radius 3 is 1.66 bits per heavy atom. The first kappa shape index (κ1) is 38.3. The topological polar surface area (TPSA) is 43.4 Å². The van der Waals surface area contributed by atoms with Crippen molar-refractivity contribution in [3.63, 3.8) is 0 Å². The maximum absolute atomic E-state index is 6.62. The van der Waals surface area contributed by atoms with Gasteiger partial charge in [-0.05, 0) is 122 Å². The lowest BCUT2D eigenvalue weighted by Gasteiger charge is -2.45. The molecule has 0 saturated heterocycles. The fourth-order valence-corrected chi connectivity index (χ4v) is 9.81. The first-order valence-electron chi connectivity index (χ1n) is 21.9. The van der Waals surface area contributed by atoms with Gasteiger partial charge in [0.1, 0.15) is 26.4 Å². The number of hydrogen-bond donors (Lipinski definition) is 0. The molecule has 0 aromatic heterocycles. The van der Waals surface area contributed by atoms with E-state index in [1.54, 1.807) is 0 Å². The number of fused-ring (bicyclic) bond motifs is 7. The van der Waals surface area contributed by atoms with Crippen LogP contribution >= 0.6 is 0 Å². The van der Waals surface area contributed by atoms with Crippen LogP contribution in [0.4, 0.5) is 34.1 Å². The van der Waals surface area contributed by atoms with E-state index < -0.39 is 0 Å². The zero-order valence-corrected chi connectivity index (χ0v) is 36.6. The molecule has 0 atom stereocenters. The Balaban J connectivity index is 1.17. The first-order valence-corrected chi connectivity index (χ1v) is 21.9. The molecule has 4 heterocycles. The van der Waals surface area contributed by atoms with Gasteiger partial charge in [0.15, 0.2) is 23.0 Å². The Kier molecular flexibility index (Phi) is 8.80. The smallest absolute Gasteiger partial charge is 0.252 e. The largest absolute Gasteiger partial charge is 0.486 e. The van der Waals surface area contributed by atoms with E-state index in [0.717, 1.165) is 68.1 Å². The van der Waals surface area contributed by atoms with Crippen LogP contribution in [-0.2, 0) is 10.8 Å². The van der Waals surface area contributed by atoms with Gasteiger partial charge in [0.25, 0.3) is 6.71 Å². The van der Waals surface area contributed by atoms with E-state index >= 15 is 0 Å². The molecule has 308 valence electrons. The minimum Gasteiger partial charge on any atom is -0.486 e. The second kappa shape index (κ2) is 14.2. The molecular weight excluding hydrogens is 763 g/mol. The van der Waals surface area contributed by atoms with Gasteiger partial charge in [0.2, 0.25) is 0 Å². The van der Waals surface area contributed by atoms with Crippen molar-refractivity contribution in [1.82, 2.24) is 0 Å². The summed E-state index contributed by atoms with van der Waals surface area (Å²) in [6.07, 6.45) is 0. The molecule has 0 aliphatic carbocycles. The van der Waals surface area contributed by atoms with E-state index in [1.807, 2.05) is 6.07 Å². The Morgan fingerprint density at radius 2 is 1.00 bits per heavy atom. The van der Waals surface area contributed by atoms with Crippen LogP contribution in [0.3, 0.4) is 0 Å². The van der Waals surface area contributed by atoms with Crippen LogP contribution in [0.15, 0.2) is 133 Å². The number of benzene rings is 7. The van der Waals surface area contributed by atoms with Crippen molar-refractivity contribution >= 4 is 57.2 Å². The fourth-order valence-electron chi connectivity index (χ4n) is 9.81. The molecule has 0 fully saturated rings. The molecule has 0 saturated carbocycles. The third-order valence-electron chi connectivity index (χ3n) is 12.9. The quantitative estimate of drug-likeness (QED) is 0.165. The van der Waals surface area contributed by atoms with Gasteiger partial charge in [-0.2, -0.15) is 0 Å². The van der Waals surface area contributed by atoms with Crippen molar-refractivity contribution in [3.05, 3.63) is 150 Å². The van der Waals surface area contributed by atoms with Gasteiger partial charge < -0.3 is 28.7 Å². The minimum atomic E-state index is -0.101. The van der Waals surface area contributed by atoms with Crippen molar-refractivity contribution in [1.29, 1.82) is 0 Å². The number of ether oxygens (including phenoxy) is 4. The molecular formula is C55H51BN2O4. The molecule has 7 aromatic carbocycles. The number of hydrogen-bond acceptors (Lipinski definition) is 6. The summed E-state index contributed by atoms with van der Waals surface area (Å²) in [7, 11) is 0. The zero-order valence-electron chi connectivity index (χ0n) is 36.6. The highest BCUT2D eigenvalue weighted by Gasteiger charge is 2.46. The molecule has 4 aliphatic rings. The number of nitrogens with zero attached hydrogens (tertiary/aromatic N) is 2. The predicted molar refractivity (Wildman–Crippen MR) is 255 cm³/mol. The lowest BCUT2D eigenvalue weighted by molar-refractivity contribution is 0.171. The molecule has 62 heavy (non-hydrogen) atoms. The van der Waals surface area contributed by atoms with E-state index in [-0.39, 0.29) is 17.5 Å². The van der Waals surface area contributed by atoms with Crippen LogP contribution in [0, 0.1) is 6.92 Å². The van der Waals surface area contributed by atoms with Crippen LogP contribution in [0.1, 0.15) is 58.2 Å². The molecule has 0 bridgehead atoms. The Labute approximate surface area is 365 Å². The lowest BCUT2D eigenvalue weighted by Crippen LogP contribution is -2.61. The van der Waals surface area contributed by atoms with Gasteiger partial charge in [-0.1, -0.05) is 126 Å². The van der Waals surface area contributed by atoms with Gasteiger partial charge in [-0.15, -0.1) is 0 Å². The number of para-hydroxylation sites is 1. The Morgan fingerprint density at radius 1 is 0.452 bits per heavy atom. The van der Waals surface area contributed by atoms with Gasteiger partial charge in [0, 0.05) is 22.7 Å². The highest BCUT2D eigenvalue weighted by Crippen LogP contribution is 2.53. The minimum absolute atomic E-state index is 0.0664. The van der Waals surface area contributed by atoms with E-state index in [0.29, 0.717) is 26.4 Å². The second-order valence-electron chi connectivity index (χ2n) is 19.1. The molecule has 0 N–H and O–H groups in total. The predicted octanol–water partition coefficient (Wildman–Crippen LogP) is 11.5. The summed E-state index contributed by atoms with van der Waals surface area (Å²) in [6.45, 7) is 17.7. The van der Waals surface area contributed by atoms with Gasteiger partial charge in [-0.25, -0.2) is 0 Å². The summed E-state index contributed by atoms with van der Waals surface area (Å²) in [5.41, 5.74) is 18.6. The number of aryl methyl sites for hydroxylation is 1. The summed E-state index contributed by atoms with van der Waals surface area (Å²) in [4.78, 5) is 4.85. The third kappa shape index (κ3) is 6.23. The molecule has 4 aliphatic heterocycles. The van der Waals surface area contributed by atoms with Crippen molar-refractivity contribution in [3.8, 4) is 45.3 Å². The highest BCUT2D eigenvalue weighted by molar-refractivity contribution is 7.00. The normalized spacial score (nSPS) is 14.9. The average Bonchev–Trinajstić information content (AvgIpc) is 3.28. The van der Waals surface area contributed by atoms with Crippen molar-refractivity contribution in [2.75, 3.05) is 36.2 Å². The van der Waals surface area contributed by atoms with Crippen molar-refractivity contribution in [2.24, 2.45) is 0 Å². The summed E-state index contributed by atoms with van der Waals surface area (Å²) >= 11 is 0. The monoisotopic (exact) mass is 814 g/mol. The molecule has 0 radical (unpaired) electrons. The maximum atomic E-state index is 6.62. The molecule has 0 amide bonds. The second-order valence-corrected chi connectivity index (χ2v) is 19.1. The highest BCUT2D eigenvalue weighted by atomic mass is 16.6. The van der Waals surface area contributed by atoms with Gasteiger partial charge in [0.05, 0.1) is 11.4 Å². The molecule has 6 nitrogen and oxygen atoms in total. The lowest BCUT2D eigenvalue weighted by atomic mass is 9.33. The van der Waals surface area contributed by atoms with Crippen LogP contribution in [-0.4, -0.2) is 33.1 Å². The van der Waals surface area contributed by atoms with Crippen molar-refractivity contribution in [2.45, 2.75) is 59.3 Å². The van der Waals surface area contributed by atoms with Crippen LogP contribution in [0.2, 0.25) is 0 Å². The summed E-state index contributed by atoms with van der Waals surface area (Å²) in [5, 5.41) is 0. The molecule has 0 spiro atoms. The van der Waals surface area contributed by atoms with E-state index in [1.165, 1.54) is 44.3 Å². The summed E-state index contributed by atoms with van der Waals surface area (Å²) in [5.74, 6) is 2.97. The van der Waals surface area contributed by atoms with E-state index in [9.17, 15) is 0 Å². The van der Waals surface area contributed by atoms with E-state index in [4.69, 9.17) is 18.9 Å². The summed E-state index contributed by atoms with van der Waals surface area (Å²) < 4.78 is 25.6. The van der Waals surface area contributed by atoms with Crippen LogP contribution < -0.4 is 45.1 Å². The Hall–Kier alpha value is -6.60. The first-order chi connectivity index (χ1) is 29.9. The molecule has 7 heteroatoms. The Bertz CT molecular complexity index is 2910. The standard InChI is InChI=1S/C55H51BN2O4/c1-34-30-46-50-47(31-34)58(44-12-9-13-48-52(44)61-28-26-59-48)51-43(24-25-49-53(51)62-29-27-60-49)56(50)42-23-18-38(36-16-21-40(22-17-36)55(5,6)7)33-45(42)57(46)41-11-8-10-37(32-41)35-14-19-39(20-15-35)54(2,3)4/h8-25,30-33H,26-29H2,1-7H3. The number of rotatable bonds is 4. The van der Waals surface area contributed by atoms with E-state index in [2.05, 4.69) is 186 Å². The fraction of sp³-hybridized carbons (Fsp3) is 0.236. The van der Waals surface area contributed by atoms with Gasteiger partial charge in [-0.3, -0.25) is 0 Å². The van der Waals surface area contributed by atoms with Crippen LogP contribution in [0.5, 0.6) is 23.0 Å². The SMILES string of the molecule is Cc1cc2c3c(c1)N(c1cccc4c1OCCO4)c1c(ccc4c1OCCO4)B3c1ccc(-c3ccc(C(C)(C)C)cc3)cc1N2c1cccc(-c2ccc(C(C)(C)C)cc2)c1.